The molecule has 0 unspecified atom stereocenters. The van der Waals surface area contributed by atoms with Crippen molar-refractivity contribution in [2.24, 2.45) is 0 Å². The van der Waals surface area contributed by atoms with E-state index >= 15 is 0 Å². The molecule has 21 heavy (non-hydrogen) atoms. The fourth-order valence-electron chi connectivity index (χ4n) is 1.71. The molecule has 0 saturated carbocycles. The molecule has 0 atom stereocenters. The highest BCUT2D eigenvalue weighted by Crippen LogP contribution is 2.23. The zero-order chi connectivity index (χ0) is 15.6. The van der Waals surface area contributed by atoms with Crippen LogP contribution >= 0.6 is 27.5 Å². The molecule has 1 heterocycles. The van der Waals surface area contributed by atoms with Crippen molar-refractivity contribution in [3.63, 3.8) is 0 Å². The molecule has 0 amide bonds. The van der Waals surface area contributed by atoms with Crippen LogP contribution in [0.15, 0.2) is 33.8 Å². The first kappa shape index (κ1) is 15.5. The number of methoxy groups -OCH3 is 1. The van der Waals surface area contributed by atoms with Crippen molar-refractivity contribution in [1.82, 2.24) is 9.55 Å². The van der Waals surface area contributed by atoms with Gasteiger partial charge in [0.15, 0.2) is 5.15 Å². The molecule has 0 radical (unpaired) electrons. The maximum atomic E-state index is 12.0. The molecule has 0 aliphatic heterocycles. The maximum Gasteiger partial charge on any atom is 0.273 e. The Kier molecular flexibility index (Phi) is 4.59. The second-order valence-corrected chi connectivity index (χ2v) is 5.23. The third-order valence-electron chi connectivity index (χ3n) is 2.69. The standard InChI is InChI=1S/C12H9BrClN3O4/c1-21-9-3-7(2-8(4-9)17(19)20)5-16-6-15-11(14)10(13)12(16)18/h2-4,6H,5H2,1H3. The summed E-state index contributed by atoms with van der Waals surface area (Å²) in [5, 5.41) is 10.9. The summed E-state index contributed by atoms with van der Waals surface area (Å²) in [6.07, 6.45) is 1.28. The lowest BCUT2D eigenvalue weighted by Crippen LogP contribution is -2.22. The summed E-state index contributed by atoms with van der Waals surface area (Å²) >= 11 is 8.77. The summed E-state index contributed by atoms with van der Waals surface area (Å²) in [7, 11) is 1.41. The molecule has 0 N–H and O–H groups in total. The molecule has 0 aliphatic carbocycles. The van der Waals surface area contributed by atoms with E-state index in [1.165, 1.54) is 30.1 Å². The first-order valence-corrected chi connectivity index (χ1v) is 6.82. The number of hydrogen-bond acceptors (Lipinski definition) is 5. The van der Waals surface area contributed by atoms with Crippen molar-refractivity contribution >= 4 is 33.2 Å². The first-order chi connectivity index (χ1) is 9.92. The number of halogens is 2. The van der Waals surface area contributed by atoms with Gasteiger partial charge in [0.05, 0.1) is 31.0 Å². The van der Waals surface area contributed by atoms with Crippen LogP contribution in [-0.4, -0.2) is 21.6 Å². The van der Waals surface area contributed by atoms with Crippen LogP contribution < -0.4 is 10.3 Å². The third-order valence-corrected chi connectivity index (χ3v) is 3.92. The maximum absolute atomic E-state index is 12.0. The molecule has 0 spiro atoms. The number of hydrogen-bond donors (Lipinski definition) is 0. The summed E-state index contributed by atoms with van der Waals surface area (Å²) in [6, 6.07) is 4.29. The number of non-ortho nitro benzene ring substituents is 1. The van der Waals surface area contributed by atoms with E-state index in [0.717, 1.165) is 0 Å². The molecule has 2 rings (SSSR count). The molecule has 1 aromatic heterocycles. The molecule has 1 aromatic carbocycles. The molecule has 0 saturated heterocycles. The van der Waals surface area contributed by atoms with Gasteiger partial charge in [-0.3, -0.25) is 19.5 Å². The lowest BCUT2D eigenvalue weighted by atomic mass is 10.2. The Hall–Kier alpha value is -1.93. The van der Waals surface area contributed by atoms with Crippen LogP contribution in [0.4, 0.5) is 5.69 Å². The van der Waals surface area contributed by atoms with Gasteiger partial charge in [-0.15, -0.1) is 0 Å². The van der Waals surface area contributed by atoms with Crippen molar-refractivity contribution in [3.05, 3.63) is 60.2 Å². The molecule has 2 aromatic rings. The number of nitro groups is 1. The molecular weight excluding hydrogens is 366 g/mol. The lowest BCUT2D eigenvalue weighted by Gasteiger charge is -2.08. The van der Waals surface area contributed by atoms with E-state index in [4.69, 9.17) is 16.3 Å². The Bertz CT molecular complexity index is 763. The zero-order valence-electron chi connectivity index (χ0n) is 10.7. The van der Waals surface area contributed by atoms with Crippen LogP contribution in [0, 0.1) is 10.1 Å². The van der Waals surface area contributed by atoms with Crippen molar-refractivity contribution in [1.29, 1.82) is 0 Å². The minimum atomic E-state index is -0.523. The highest BCUT2D eigenvalue weighted by Gasteiger charge is 2.12. The average molecular weight is 375 g/mol. The fourth-order valence-corrected chi connectivity index (χ4v) is 2.17. The zero-order valence-corrected chi connectivity index (χ0v) is 13.1. The number of ether oxygens (including phenoxy) is 1. The van der Waals surface area contributed by atoms with E-state index in [9.17, 15) is 14.9 Å². The summed E-state index contributed by atoms with van der Waals surface area (Å²) in [5.41, 5.74) is 0.0537. The lowest BCUT2D eigenvalue weighted by molar-refractivity contribution is -0.385. The molecule has 9 heteroatoms. The molecule has 0 bridgehead atoms. The number of nitrogens with zero attached hydrogens (tertiary/aromatic N) is 3. The molecular formula is C12H9BrClN3O4. The number of rotatable bonds is 4. The van der Waals surface area contributed by atoms with Crippen LogP contribution in [0.1, 0.15) is 5.56 Å². The third kappa shape index (κ3) is 3.40. The van der Waals surface area contributed by atoms with Gasteiger partial charge in [-0.05, 0) is 27.6 Å². The van der Waals surface area contributed by atoms with Gasteiger partial charge in [-0.25, -0.2) is 4.98 Å². The minimum Gasteiger partial charge on any atom is -0.496 e. The number of nitro benzene ring substituents is 1. The molecule has 0 aliphatic rings. The highest BCUT2D eigenvalue weighted by molar-refractivity contribution is 9.10. The smallest absolute Gasteiger partial charge is 0.273 e. The van der Waals surface area contributed by atoms with Gasteiger partial charge >= 0.3 is 0 Å². The Labute approximate surface area is 132 Å². The van der Waals surface area contributed by atoms with E-state index in [-0.39, 0.29) is 27.4 Å². The topological polar surface area (TPSA) is 87.3 Å². The van der Waals surface area contributed by atoms with Gasteiger partial charge in [0, 0.05) is 6.07 Å². The number of benzene rings is 1. The van der Waals surface area contributed by atoms with Gasteiger partial charge in [0.2, 0.25) is 0 Å². The van der Waals surface area contributed by atoms with Crippen LogP contribution in [0.25, 0.3) is 0 Å². The van der Waals surface area contributed by atoms with Crippen LogP contribution in [0.5, 0.6) is 5.75 Å². The van der Waals surface area contributed by atoms with Gasteiger partial charge < -0.3 is 4.74 Å². The Morgan fingerprint density at radius 3 is 2.81 bits per heavy atom. The fraction of sp³-hybridized carbons (Fsp3) is 0.167. The van der Waals surface area contributed by atoms with Crippen LogP contribution in [0.3, 0.4) is 0 Å². The van der Waals surface area contributed by atoms with Gasteiger partial charge in [-0.2, -0.15) is 0 Å². The van der Waals surface area contributed by atoms with Crippen LogP contribution in [-0.2, 0) is 6.54 Å². The Morgan fingerprint density at radius 1 is 1.48 bits per heavy atom. The van der Waals surface area contributed by atoms with Gasteiger partial charge in [0.25, 0.3) is 11.2 Å². The predicted molar refractivity (Wildman–Crippen MR) is 80.0 cm³/mol. The van der Waals surface area contributed by atoms with Crippen molar-refractivity contribution < 1.29 is 9.66 Å². The SMILES string of the molecule is COc1cc(Cn2cnc(Cl)c(Br)c2=O)cc([N+](=O)[O-])c1. The van der Waals surface area contributed by atoms with Crippen molar-refractivity contribution in [2.45, 2.75) is 6.54 Å². The second-order valence-electron chi connectivity index (χ2n) is 4.08. The van der Waals surface area contributed by atoms with E-state index < -0.39 is 4.92 Å². The van der Waals surface area contributed by atoms with E-state index in [0.29, 0.717) is 11.3 Å². The van der Waals surface area contributed by atoms with E-state index in [2.05, 4.69) is 20.9 Å². The summed E-state index contributed by atoms with van der Waals surface area (Å²) in [4.78, 5) is 26.2. The van der Waals surface area contributed by atoms with Crippen LogP contribution in [0.2, 0.25) is 5.15 Å². The van der Waals surface area contributed by atoms with E-state index in [1.54, 1.807) is 6.07 Å². The van der Waals surface area contributed by atoms with Gasteiger partial charge in [-0.1, -0.05) is 11.6 Å². The van der Waals surface area contributed by atoms with Crippen molar-refractivity contribution in [3.8, 4) is 5.75 Å². The van der Waals surface area contributed by atoms with Crippen molar-refractivity contribution in [2.75, 3.05) is 7.11 Å². The molecule has 110 valence electrons. The highest BCUT2D eigenvalue weighted by atomic mass is 79.9. The summed E-state index contributed by atoms with van der Waals surface area (Å²) in [6.45, 7) is 0.111. The predicted octanol–water partition coefficient (Wildman–Crippen LogP) is 2.62. The average Bonchev–Trinajstić information content (AvgIpc) is 2.47. The monoisotopic (exact) mass is 373 g/mol. The molecule has 0 fully saturated rings. The number of aromatic nitrogens is 2. The Morgan fingerprint density at radius 2 is 2.19 bits per heavy atom. The summed E-state index contributed by atoms with van der Waals surface area (Å²) < 4.78 is 6.45. The first-order valence-electron chi connectivity index (χ1n) is 5.65. The normalized spacial score (nSPS) is 10.4. The van der Waals surface area contributed by atoms with Gasteiger partial charge in [0.1, 0.15) is 10.2 Å². The minimum absolute atomic E-state index is 0.0628. The molecule has 7 nitrogen and oxygen atoms in total. The summed E-state index contributed by atoms with van der Waals surface area (Å²) in [5.74, 6) is 0.341. The quantitative estimate of drug-likeness (QED) is 0.466. The Balaban J connectivity index is 2.44. The second kappa shape index (κ2) is 6.23. The van der Waals surface area contributed by atoms with E-state index in [1.807, 2.05) is 0 Å². The largest absolute Gasteiger partial charge is 0.496 e.